The average molecular weight is 463 g/mol. The van der Waals surface area contributed by atoms with Gasteiger partial charge in [-0.05, 0) is 35.4 Å². The van der Waals surface area contributed by atoms with Crippen LogP contribution in [-0.4, -0.2) is 43.8 Å². The number of nitrogens with one attached hydrogen (secondary N) is 1. The third kappa shape index (κ3) is 4.73. The van der Waals surface area contributed by atoms with Gasteiger partial charge in [0.15, 0.2) is 0 Å². The third-order valence-corrected chi connectivity index (χ3v) is 6.32. The number of hydrogen-bond acceptors (Lipinski definition) is 6. The fourth-order valence-corrected chi connectivity index (χ4v) is 4.50. The number of aromatic nitrogens is 1. The van der Waals surface area contributed by atoms with Gasteiger partial charge >= 0.3 is 0 Å². The van der Waals surface area contributed by atoms with Crippen LogP contribution in [0, 0.1) is 5.82 Å². The largest absolute Gasteiger partial charge is 0.378 e. The van der Waals surface area contributed by atoms with Crippen molar-refractivity contribution < 1.29 is 18.7 Å². The van der Waals surface area contributed by atoms with Crippen molar-refractivity contribution in [2.75, 3.05) is 43.1 Å². The van der Waals surface area contributed by atoms with E-state index >= 15 is 0 Å². The quantitative estimate of drug-likeness (QED) is 0.584. The van der Waals surface area contributed by atoms with Crippen LogP contribution in [0.2, 0.25) is 0 Å². The van der Waals surface area contributed by atoms with Crippen LogP contribution < -0.4 is 16.0 Å². The molecule has 7 nitrogen and oxygen atoms in total. The maximum absolute atomic E-state index is 14.2. The molecule has 0 radical (unpaired) electrons. The number of carbonyl (C=O) groups is 1. The third-order valence-electron chi connectivity index (χ3n) is 6.32. The molecular weight excluding hydrogens is 435 g/mol. The number of pyridine rings is 1. The van der Waals surface area contributed by atoms with Gasteiger partial charge in [0.05, 0.1) is 43.7 Å². The first-order valence-corrected chi connectivity index (χ1v) is 11.4. The minimum atomic E-state index is -0.576. The Morgan fingerprint density at radius 3 is 2.71 bits per heavy atom. The molecule has 5 rings (SSSR count). The number of fused-ring (bicyclic) bond motifs is 1. The lowest BCUT2D eigenvalue weighted by atomic mass is 9.97. The number of rotatable bonds is 6. The standard InChI is InChI=1S/C26H27FN4O3/c27-23-3-1-2-20-22(23)15-34-16-25(20)30-24-13-18(29-14-21(24)26(28)32)12-17-4-6-19(7-5-17)31-8-10-33-11-9-31/h1-7,13-14,25H,8-12,15-16H2,(H2,28,32)(H,29,30). The molecule has 1 fully saturated rings. The van der Waals surface area contributed by atoms with Gasteiger partial charge < -0.3 is 25.4 Å². The number of morpholine rings is 1. The molecule has 3 N–H and O–H groups in total. The minimum Gasteiger partial charge on any atom is -0.378 e. The van der Waals surface area contributed by atoms with Gasteiger partial charge in [0.2, 0.25) is 0 Å². The van der Waals surface area contributed by atoms with Crippen LogP contribution in [0.5, 0.6) is 0 Å². The first-order valence-electron chi connectivity index (χ1n) is 11.4. The van der Waals surface area contributed by atoms with Crippen LogP contribution in [0.4, 0.5) is 15.8 Å². The van der Waals surface area contributed by atoms with Crippen molar-refractivity contribution in [3.05, 3.63) is 88.5 Å². The highest BCUT2D eigenvalue weighted by Crippen LogP contribution is 2.31. The Morgan fingerprint density at radius 2 is 1.94 bits per heavy atom. The Labute approximate surface area is 197 Å². The summed E-state index contributed by atoms with van der Waals surface area (Å²) in [5.74, 6) is -0.873. The second kappa shape index (κ2) is 9.79. The van der Waals surface area contributed by atoms with Crippen LogP contribution in [0.3, 0.4) is 0 Å². The molecule has 8 heteroatoms. The number of ether oxygens (including phenoxy) is 2. The average Bonchev–Trinajstić information content (AvgIpc) is 2.86. The molecule has 0 aliphatic carbocycles. The molecule has 1 unspecified atom stereocenters. The van der Waals surface area contributed by atoms with Crippen LogP contribution in [0.15, 0.2) is 54.7 Å². The summed E-state index contributed by atoms with van der Waals surface area (Å²) < 4.78 is 25.3. The zero-order valence-electron chi connectivity index (χ0n) is 18.8. The van der Waals surface area contributed by atoms with Crippen LogP contribution in [-0.2, 0) is 22.5 Å². The Balaban J connectivity index is 1.36. The van der Waals surface area contributed by atoms with E-state index in [1.807, 2.05) is 12.1 Å². The zero-order valence-corrected chi connectivity index (χ0v) is 18.8. The minimum absolute atomic E-state index is 0.227. The molecule has 34 heavy (non-hydrogen) atoms. The van der Waals surface area contributed by atoms with Crippen molar-refractivity contribution in [3.63, 3.8) is 0 Å². The molecule has 2 aromatic carbocycles. The zero-order chi connectivity index (χ0) is 23.5. The van der Waals surface area contributed by atoms with E-state index in [1.54, 1.807) is 6.07 Å². The molecule has 2 aliphatic heterocycles. The summed E-state index contributed by atoms with van der Waals surface area (Å²) in [6.45, 7) is 3.86. The van der Waals surface area contributed by atoms with Gasteiger partial charge in [-0.1, -0.05) is 24.3 Å². The molecule has 1 aromatic heterocycles. The van der Waals surface area contributed by atoms with Gasteiger partial charge in [-0.3, -0.25) is 9.78 Å². The van der Waals surface area contributed by atoms with E-state index < -0.39 is 5.91 Å². The van der Waals surface area contributed by atoms with Crippen molar-refractivity contribution in [2.45, 2.75) is 19.1 Å². The maximum atomic E-state index is 14.2. The maximum Gasteiger partial charge on any atom is 0.252 e. The molecule has 0 saturated carbocycles. The second-order valence-electron chi connectivity index (χ2n) is 8.55. The smallest absolute Gasteiger partial charge is 0.252 e. The number of primary amides is 1. The summed E-state index contributed by atoms with van der Waals surface area (Å²) >= 11 is 0. The van der Waals surface area contributed by atoms with E-state index in [-0.39, 0.29) is 24.0 Å². The van der Waals surface area contributed by atoms with E-state index in [0.717, 1.165) is 43.1 Å². The molecule has 176 valence electrons. The summed E-state index contributed by atoms with van der Waals surface area (Å²) in [7, 11) is 0. The highest BCUT2D eigenvalue weighted by atomic mass is 19.1. The number of nitrogens with two attached hydrogens (primary N) is 1. The molecule has 0 spiro atoms. The number of benzene rings is 2. The van der Waals surface area contributed by atoms with Gasteiger partial charge in [-0.2, -0.15) is 0 Å². The summed E-state index contributed by atoms with van der Waals surface area (Å²) in [4.78, 5) is 18.8. The number of nitrogens with zero attached hydrogens (tertiary/aromatic N) is 2. The predicted octanol–water partition coefficient (Wildman–Crippen LogP) is 3.43. The van der Waals surface area contributed by atoms with E-state index in [1.165, 1.54) is 18.0 Å². The normalized spacial score (nSPS) is 17.8. The summed E-state index contributed by atoms with van der Waals surface area (Å²) in [6, 6.07) is 14.9. The SMILES string of the molecule is NC(=O)c1cnc(Cc2ccc(N3CCOCC3)cc2)cc1NC1COCc2c(F)cccc21. The van der Waals surface area contributed by atoms with Crippen LogP contribution in [0.25, 0.3) is 0 Å². The predicted molar refractivity (Wildman–Crippen MR) is 127 cm³/mol. The van der Waals surface area contributed by atoms with E-state index in [9.17, 15) is 9.18 Å². The van der Waals surface area contributed by atoms with E-state index in [4.69, 9.17) is 15.2 Å². The Hall–Kier alpha value is -3.49. The lowest BCUT2D eigenvalue weighted by molar-refractivity contribution is 0.0938. The number of halogens is 1. The van der Waals surface area contributed by atoms with Crippen molar-refractivity contribution in [1.82, 2.24) is 4.98 Å². The van der Waals surface area contributed by atoms with Crippen LogP contribution >= 0.6 is 0 Å². The number of carbonyl (C=O) groups excluding carboxylic acids is 1. The van der Waals surface area contributed by atoms with Crippen molar-refractivity contribution in [2.24, 2.45) is 5.73 Å². The van der Waals surface area contributed by atoms with Gasteiger partial charge in [0.1, 0.15) is 5.82 Å². The van der Waals surface area contributed by atoms with Crippen molar-refractivity contribution in [1.29, 1.82) is 0 Å². The summed E-state index contributed by atoms with van der Waals surface area (Å²) in [6.07, 6.45) is 2.10. The first kappa shape index (κ1) is 22.3. The van der Waals surface area contributed by atoms with Crippen molar-refractivity contribution in [3.8, 4) is 0 Å². The molecule has 2 aliphatic rings. The van der Waals surface area contributed by atoms with Gasteiger partial charge in [-0.25, -0.2) is 4.39 Å². The first-order chi connectivity index (χ1) is 16.6. The second-order valence-corrected chi connectivity index (χ2v) is 8.55. The van der Waals surface area contributed by atoms with E-state index in [2.05, 4.69) is 39.5 Å². The fraction of sp³-hybridized carbons (Fsp3) is 0.308. The molecule has 3 aromatic rings. The number of hydrogen-bond donors (Lipinski definition) is 2. The lowest BCUT2D eigenvalue weighted by Gasteiger charge is -2.29. The van der Waals surface area contributed by atoms with Gasteiger partial charge in [0, 0.05) is 42.7 Å². The molecule has 1 saturated heterocycles. The van der Waals surface area contributed by atoms with Gasteiger partial charge in [0.25, 0.3) is 5.91 Å². The topological polar surface area (TPSA) is 89.7 Å². The number of anilines is 2. The Bertz CT molecular complexity index is 1180. The molecular formula is C26H27FN4O3. The monoisotopic (exact) mass is 462 g/mol. The van der Waals surface area contributed by atoms with Crippen LogP contribution in [0.1, 0.15) is 38.8 Å². The van der Waals surface area contributed by atoms with Crippen molar-refractivity contribution >= 4 is 17.3 Å². The molecule has 3 heterocycles. The number of amides is 1. The highest BCUT2D eigenvalue weighted by molar-refractivity contribution is 5.98. The van der Waals surface area contributed by atoms with Gasteiger partial charge in [-0.15, -0.1) is 0 Å². The summed E-state index contributed by atoms with van der Waals surface area (Å²) in [5, 5.41) is 3.34. The molecule has 0 bridgehead atoms. The fourth-order valence-electron chi connectivity index (χ4n) is 4.50. The highest BCUT2D eigenvalue weighted by Gasteiger charge is 2.24. The van der Waals surface area contributed by atoms with E-state index in [0.29, 0.717) is 24.3 Å². The summed E-state index contributed by atoms with van der Waals surface area (Å²) in [5.41, 5.74) is 10.9. The Kier molecular flexibility index (Phi) is 6.42. The Morgan fingerprint density at radius 1 is 1.15 bits per heavy atom. The lowest BCUT2D eigenvalue weighted by Crippen LogP contribution is -2.36. The molecule has 1 atom stereocenters. The molecule has 1 amide bonds.